The summed E-state index contributed by atoms with van der Waals surface area (Å²) in [6, 6.07) is 0. The zero-order chi connectivity index (χ0) is 3.58. The van der Waals surface area contributed by atoms with Crippen LogP contribution in [0.2, 0.25) is 0 Å². The summed E-state index contributed by atoms with van der Waals surface area (Å²) in [4.78, 5) is 0. The second-order valence-electron chi connectivity index (χ2n) is 0.311. The van der Waals surface area contributed by atoms with Gasteiger partial charge in [-0.2, -0.15) is 0 Å². The first-order chi connectivity index (χ1) is 1.73. The van der Waals surface area contributed by atoms with Crippen LogP contribution < -0.4 is 0 Å². The summed E-state index contributed by atoms with van der Waals surface area (Å²) in [7, 11) is 0. The molecule has 0 saturated carbocycles. The minimum atomic E-state index is -1.69. The van der Waals surface area contributed by atoms with Gasteiger partial charge in [0.05, 0.1) is 0 Å². The Balaban J connectivity index is -0.00000000750. The minimum Gasteiger partial charge on any atom is -1.00 e. The van der Waals surface area contributed by atoms with Crippen LogP contribution >= 0.6 is 11.5 Å². The second-order valence-corrected chi connectivity index (χ2v) is 0.701. The van der Waals surface area contributed by atoms with Crippen molar-refractivity contribution in [2.45, 2.75) is 0 Å². The molecule has 0 amide bonds. The van der Waals surface area contributed by atoms with Gasteiger partial charge < -0.3 is 12.9 Å². The summed E-state index contributed by atoms with van der Waals surface area (Å²) in [6.07, 6.45) is 0. The van der Waals surface area contributed by atoms with E-state index in [1.807, 2.05) is 0 Å². The summed E-state index contributed by atoms with van der Waals surface area (Å²) in [6.45, 7) is -1.69. The van der Waals surface area contributed by atoms with Crippen LogP contribution in [0.3, 0.4) is 0 Å². The van der Waals surface area contributed by atoms with Gasteiger partial charge in [0.25, 0.3) is 0 Å². The molecule has 0 aromatic heterocycles. The molecule has 0 atom stereocenters. The van der Waals surface area contributed by atoms with Crippen LogP contribution in [0.1, 0.15) is 2.85 Å². The Kier molecular flexibility index (Phi) is 28.9. The molecule has 0 rings (SSSR count). The maximum atomic E-state index is 7.38. The van der Waals surface area contributed by atoms with Crippen LogP contribution in [0.25, 0.3) is 0 Å². The Morgan fingerprint density at radius 3 is 1.50 bits per heavy atom. The Morgan fingerprint density at radius 2 is 1.50 bits per heavy atom. The SMILES string of the molecule is OB(O)Cl.[H-].[H-].[La].[Sr+2]. The molecule has 0 fully saturated rings. The van der Waals surface area contributed by atoms with Crippen LogP contribution in [-0.2, 0) is 0 Å². The van der Waals surface area contributed by atoms with Crippen LogP contribution in [0, 0.1) is 35.6 Å². The van der Waals surface area contributed by atoms with Crippen molar-refractivity contribution in [1.82, 2.24) is 0 Å². The number of hydrogen-bond donors (Lipinski definition) is 2. The quantitative estimate of drug-likeness (QED) is 0.566. The number of rotatable bonds is 0. The maximum Gasteiger partial charge on any atom is 2.00 e. The zero-order valence-corrected chi connectivity index (χ0v) is 11.0. The minimum absolute atomic E-state index is 0. The summed E-state index contributed by atoms with van der Waals surface area (Å²) < 4.78 is 0. The molecular weight excluding hydrogens is 305 g/mol. The van der Waals surface area contributed by atoms with Gasteiger partial charge in [-0.15, -0.1) is 11.5 Å². The van der Waals surface area contributed by atoms with E-state index in [-0.39, 0.29) is 83.9 Å². The van der Waals surface area contributed by atoms with E-state index in [0.29, 0.717) is 0 Å². The van der Waals surface area contributed by atoms with E-state index in [2.05, 4.69) is 11.5 Å². The van der Waals surface area contributed by atoms with Crippen molar-refractivity contribution in [1.29, 1.82) is 0 Å². The van der Waals surface area contributed by atoms with Crippen molar-refractivity contribution in [3.8, 4) is 0 Å². The number of hydrogen-bond acceptors (Lipinski definition) is 2. The van der Waals surface area contributed by atoms with Gasteiger partial charge >= 0.3 is 52.0 Å². The molecule has 1 radical (unpaired) electrons. The molecule has 31 valence electrons. The van der Waals surface area contributed by atoms with Gasteiger partial charge in [-0.25, -0.2) is 0 Å². The van der Waals surface area contributed by atoms with Crippen molar-refractivity contribution >= 4 is 63.5 Å². The molecule has 6 heavy (non-hydrogen) atoms. The molecule has 0 spiro atoms. The van der Waals surface area contributed by atoms with Gasteiger partial charge in [0, 0.05) is 35.6 Å². The topological polar surface area (TPSA) is 40.5 Å². The summed E-state index contributed by atoms with van der Waals surface area (Å²) in [5, 5.41) is 14.8. The van der Waals surface area contributed by atoms with E-state index in [4.69, 9.17) is 10.0 Å². The third kappa shape index (κ3) is 28.3. The normalized spacial score (nSPS) is 4.50. The Hall–Kier alpha value is 2.95. The third-order valence-corrected chi connectivity index (χ3v) is 0. The Labute approximate surface area is 110 Å². The van der Waals surface area contributed by atoms with Gasteiger partial charge in [-0.3, -0.25) is 0 Å². The summed E-state index contributed by atoms with van der Waals surface area (Å²) in [5.41, 5.74) is 0. The largest absolute Gasteiger partial charge is 2.00 e. The molecular formula is H4BClLaO2Sr. The van der Waals surface area contributed by atoms with E-state index >= 15 is 0 Å². The molecule has 0 unspecified atom stereocenters. The molecule has 2 N–H and O–H groups in total. The predicted octanol–water partition coefficient (Wildman–Crippen LogP) is -0.961. The van der Waals surface area contributed by atoms with Crippen LogP contribution in [0.5, 0.6) is 0 Å². The molecule has 0 heterocycles. The van der Waals surface area contributed by atoms with Crippen molar-refractivity contribution in [2.75, 3.05) is 0 Å². The fourth-order valence-electron chi connectivity index (χ4n) is 0. The molecule has 0 aliphatic rings. The summed E-state index contributed by atoms with van der Waals surface area (Å²) >= 11 is 4.39. The van der Waals surface area contributed by atoms with Crippen molar-refractivity contribution < 1.29 is 48.5 Å². The van der Waals surface area contributed by atoms with E-state index in [1.165, 1.54) is 0 Å². The molecule has 0 bridgehead atoms. The average Bonchev–Trinajstić information content (AvgIpc) is 0.811. The molecule has 6 heteroatoms. The van der Waals surface area contributed by atoms with Gasteiger partial charge in [0.1, 0.15) is 0 Å². The fraction of sp³-hybridized carbons (Fsp3) is 0. The van der Waals surface area contributed by atoms with Crippen molar-refractivity contribution in [3.63, 3.8) is 0 Å². The standard InChI is InChI=1S/BClH2O2.La.Sr.2H/c2-1(3)4;;;;/h3-4H;;;;/q;;+2;2*-1. The smallest absolute Gasteiger partial charge is 1.00 e. The van der Waals surface area contributed by atoms with Crippen molar-refractivity contribution in [3.05, 3.63) is 0 Å². The van der Waals surface area contributed by atoms with Gasteiger partial charge in [0.15, 0.2) is 0 Å². The van der Waals surface area contributed by atoms with Gasteiger partial charge in [0.2, 0.25) is 0 Å². The van der Waals surface area contributed by atoms with Crippen LogP contribution in [0.15, 0.2) is 0 Å². The molecule has 0 aromatic carbocycles. The Bertz CT molecular complexity index is 24.8. The monoisotopic (exact) mass is 309 g/mol. The first-order valence-electron chi connectivity index (χ1n) is 0.735. The Morgan fingerprint density at radius 1 is 1.50 bits per heavy atom. The molecule has 0 aliphatic heterocycles. The molecule has 0 saturated heterocycles. The molecule has 0 aromatic rings. The van der Waals surface area contributed by atoms with E-state index in [0.717, 1.165) is 0 Å². The maximum absolute atomic E-state index is 7.38. The van der Waals surface area contributed by atoms with Crippen LogP contribution in [-0.4, -0.2) is 62.1 Å². The second kappa shape index (κ2) is 10.8. The van der Waals surface area contributed by atoms with E-state index < -0.39 is 6.53 Å². The zero-order valence-electron chi connectivity index (χ0n) is 5.13. The first kappa shape index (κ1) is 16.0. The number of halogens is 1. The predicted molar refractivity (Wildman–Crippen MR) is 24.0 cm³/mol. The average molecular weight is 309 g/mol. The van der Waals surface area contributed by atoms with Gasteiger partial charge in [-0.05, 0) is 0 Å². The molecule has 2 nitrogen and oxygen atoms in total. The van der Waals surface area contributed by atoms with Crippen LogP contribution in [0.4, 0.5) is 0 Å². The molecule has 0 aliphatic carbocycles. The van der Waals surface area contributed by atoms with Gasteiger partial charge in [-0.1, -0.05) is 0 Å². The van der Waals surface area contributed by atoms with E-state index in [9.17, 15) is 0 Å². The third-order valence-electron chi connectivity index (χ3n) is 0. The van der Waals surface area contributed by atoms with E-state index in [1.54, 1.807) is 0 Å². The fourth-order valence-corrected chi connectivity index (χ4v) is 0. The van der Waals surface area contributed by atoms with Crippen molar-refractivity contribution in [2.24, 2.45) is 0 Å². The first-order valence-corrected chi connectivity index (χ1v) is 1.17. The summed E-state index contributed by atoms with van der Waals surface area (Å²) in [5.74, 6) is 0.